The molecule has 0 saturated heterocycles. The molecule has 15 heteroatoms. The van der Waals surface area contributed by atoms with Gasteiger partial charge in [0.15, 0.2) is 20.2 Å². The van der Waals surface area contributed by atoms with E-state index in [2.05, 4.69) is 64.1 Å². The molecule has 0 saturated carbocycles. The summed E-state index contributed by atoms with van der Waals surface area (Å²) in [5, 5.41) is 0. The molecule has 0 radical (unpaired) electrons. The summed E-state index contributed by atoms with van der Waals surface area (Å²) in [5.41, 5.74) is -5.64. The smallest absolute Gasteiger partial charge is 0.741 e. The molecule has 2 aromatic carbocycles. The normalized spacial score (nSPS) is 11.5. The van der Waals surface area contributed by atoms with Crippen molar-refractivity contribution in [3.8, 4) is 0 Å². The molecule has 2 rings (SSSR count). The van der Waals surface area contributed by atoms with E-state index in [1.54, 1.807) is 0 Å². The topological polar surface area (TPSA) is 114 Å². The zero-order valence-electron chi connectivity index (χ0n) is 17.9. The summed E-state index contributed by atoms with van der Waals surface area (Å²) < 4.78 is 118. The fourth-order valence-electron chi connectivity index (χ4n) is 1.69. The van der Waals surface area contributed by atoms with Crippen LogP contribution in [-0.4, -0.2) is 37.0 Å². The van der Waals surface area contributed by atoms with Gasteiger partial charge < -0.3 is 9.11 Å². The van der Waals surface area contributed by atoms with Crippen LogP contribution in [0.25, 0.3) is 0 Å². The molecule has 0 amide bonds. The van der Waals surface area contributed by atoms with Crippen LogP contribution in [0, 0.1) is 13.8 Å². The summed E-state index contributed by atoms with van der Waals surface area (Å²) >= 11 is 0. The Morgan fingerprint density at radius 3 is 1.00 bits per heavy atom. The van der Waals surface area contributed by atoms with Gasteiger partial charge in [0.1, 0.15) is 0 Å². The maximum atomic E-state index is 10.7. The third kappa shape index (κ3) is 17.1. The minimum atomic E-state index is -6.09. The van der Waals surface area contributed by atoms with Crippen LogP contribution in [0.4, 0.5) is 26.3 Å². The Balaban J connectivity index is -0.000000360. The van der Waals surface area contributed by atoms with Crippen molar-refractivity contribution in [2.75, 3.05) is 0 Å². The Bertz CT molecular complexity index is 924. The largest absolute Gasteiger partial charge is 4.00 e. The molecule has 0 aliphatic heterocycles. The Hall–Kier alpha value is -1.02. The Morgan fingerprint density at radius 2 is 0.939 bits per heavy atom. The van der Waals surface area contributed by atoms with Crippen LogP contribution in [0.15, 0.2) is 36.4 Å². The van der Waals surface area contributed by atoms with Crippen LogP contribution in [0.2, 0.25) is 0 Å². The van der Waals surface area contributed by atoms with E-state index in [-0.39, 0.29) is 26.2 Å². The second-order valence-corrected chi connectivity index (χ2v) is 8.84. The summed E-state index contributed by atoms with van der Waals surface area (Å²) in [4.78, 5) is 0. The first-order chi connectivity index (χ1) is 14.2. The van der Waals surface area contributed by atoms with Crippen molar-refractivity contribution < 1.29 is 78.5 Å². The SMILES string of the molecule is CCc1cc[c-](C)c1.CCc1cc[c-](C)c1.O=S(=O)([O-])C(F)(F)F.O=S(=O)([O-])C(F)(F)F.[Zr+4]. The third-order valence-electron chi connectivity index (χ3n) is 3.33. The maximum Gasteiger partial charge on any atom is 4.00 e. The minimum absolute atomic E-state index is 0. The van der Waals surface area contributed by atoms with Gasteiger partial charge in [-0.05, 0) is 0 Å². The maximum absolute atomic E-state index is 10.7. The number of halogens is 6. The van der Waals surface area contributed by atoms with E-state index in [9.17, 15) is 26.3 Å². The molecule has 0 aromatic heterocycles. The summed E-state index contributed by atoms with van der Waals surface area (Å²) in [6.45, 7) is 8.60. The fourth-order valence-corrected chi connectivity index (χ4v) is 1.69. The van der Waals surface area contributed by atoms with Crippen molar-refractivity contribution in [3.05, 3.63) is 58.7 Å². The molecule has 0 N–H and O–H groups in total. The van der Waals surface area contributed by atoms with Gasteiger partial charge in [-0.3, -0.25) is 0 Å². The Labute approximate surface area is 208 Å². The van der Waals surface area contributed by atoms with Crippen molar-refractivity contribution in [3.63, 3.8) is 0 Å². The number of hydrogen-bond acceptors (Lipinski definition) is 6. The summed E-state index contributed by atoms with van der Waals surface area (Å²) in [6, 6.07) is 13.1. The van der Waals surface area contributed by atoms with Crippen LogP contribution in [0.3, 0.4) is 0 Å². The monoisotopic (exact) mass is 602 g/mol. The average molecular weight is 604 g/mol. The van der Waals surface area contributed by atoms with Crippen LogP contribution >= 0.6 is 0 Å². The van der Waals surface area contributed by atoms with E-state index in [0.29, 0.717) is 0 Å². The molecule has 33 heavy (non-hydrogen) atoms. The van der Waals surface area contributed by atoms with Gasteiger partial charge in [-0.1, -0.05) is 40.5 Å². The van der Waals surface area contributed by atoms with Crippen LogP contribution < -0.4 is 0 Å². The quantitative estimate of drug-likeness (QED) is 0.214. The molecule has 188 valence electrons. The van der Waals surface area contributed by atoms with Gasteiger partial charge in [0, 0.05) is 0 Å². The first-order valence-corrected chi connectivity index (χ1v) is 11.5. The van der Waals surface area contributed by atoms with Crippen LogP contribution in [-0.2, 0) is 59.3 Å². The molecule has 0 aliphatic rings. The number of hydrogen-bond donors (Lipinski definition) is 0. The van der Waals surface area contributed by atoms with E-state index < -0.39 is 31.3 Å². The van der Waals surface area contributed by atoms with E-state index in [1.165, 1.54) is 22.3 Å². The molecule has 0 bridgehead atoms. The third-order valence-corrected chi connectivity index (χ3v) is 4.46. The molecule has 0 aliphatic carbocycles. The standard InChI is InChI=1S/2C8H11.2CHF3O3S.Zr/c2*1-3-8-5-4-7(2)6-8;2*2-1(3,4)8(5,6)7;/h2*4-6H,3H2,1-2H3;2*(H,5,6,7);/q2*-1;;;+4/p-2. The predicted molar refractivity (Wildman–Crippen MR) is 104 cm³/mol. The minimum Gasteiger partial charge on any atom is -0.741 e. The van der Waals surface area contributed by atoms with Crippen molar-refractivity contribution in [1.29, 1.82) is 0 Å². The van der Waals surface area contributed by atoms with Gasteiger partial charge in [0.25, 0.3) is 0 Å². The average Bonchev–Trinajstić information content (AvgIpc) is 3.21. The van der Waals surface area contributed by atoms with Crippen LogP contribution in [0.5, 0.6) is 0 Å². The number of aryl methyl sites for hydroxylation is 4. The van der Waals surface area contributed by atoms with Gasteiger partial charge in [0.2, 0.25) is 0 Å². The van der Waals surface area contributed by atoms with Crippen molar-refractivity contribution in [1.82, 2.24) is 0 Å². The van der Waals surface area contributed by atoms with Crippen molar-refractivity contribution in [2.45, 2.75) is 51.6 Å². The first-order valence-electron chi connectivity index (χ1n) is 8.64. The molecular formula is C18H22F6O6S2Zr. The molecule has 0 spiro atoms. The van der Waals surface area contributed by atoms with E-state index in [1.807, 2.05) is 0 Å². The molecular weight excluding hydrogens is 582 g/mol. The fraction of sp³-hybridized carbons (Fsp3) is 0.444. The van der Waals surface area contributed by atoms with Gasteiger partial charge in [0.05, 0.1) is 0 Å². The number of rotatable bonds is 2. The number of alkyl halides is 6. The van der Waals surface area contributed by atoms with Gasteiger partial charge in [-0.15, -0.1) is 0 Å². The molecule has 6 nitrogen and oxygen atoms in total. The van der Waals surface area contributed by atoms with Gasteiger partial charge in [-0.2, -0.15) is 72.9 Å². The summed E-state index contributed by atoms with van der Waals surface area (Å²) in [7, 11) is -12.2. The molecule has 0 heterocycles. The first kappa shape index (κ1) is 36.5. The Kier molecular flexibility index (Phi) is 16.7. The predicted octanol–water partition coefficient (Wildman–Crippen LogP) is 4.65. The zero-order valence-corrected chi connectivity index (χ0v) is 22.0. The van der Waals surface area contributed by atoms with E-state index >= 15 is 0 Å². The zero-order chi connectivity index (χ0) is 26.0. The summed E-state index contributed by atoms with van der Waals surface area (Å²) in [5.74, 6) is 0. The van der Waals surface area contributed by atoms with Gasteiger partial charge in [-0.25, -0.2) is 29.0 Å². The van der Waals surface area contributed by atoms with E-state index in [4.69, 9.17) is 25.9 Å². The second kappa shape index (κ2) is 15.1. The van der Waals surface area contributed by atoms with Crippen LogP contribution in [0.1, 0.15) is 36.1 Å². The van der Waals surface area contributed by atoms with Gasteiger partial charge >= 0.3 is 37.2 Å². The molecule has 0 atom stereocenters. The second-order valence-electron chi connectivity index (χ2n) is 6.10. The molecule has 2 aromatic rings. The summed E-state index contributed by atoms with van der Waals surface area (Å²) in [6.07, 6.45) is 2.32. The van der Waals surface area contributed by atoms with E-state index in [0.717, 1.165) is 12.8 Å². The van der Waals surface area contributed by atoms with Crippen molar-refractivity contribution in [2.24, 2.45) is 0 Å². The molecule has 0 unspecified atom stereocenters. The van der Waals surface area contributed by atoms with Crippen molar-refractivity contribution >= 4 is 20.2 Å². The Morgan fingerprint density at radius 1 is 0.727 bits per heavy atom. The molecule has 0 fully saturated rings.